The molecule has 0 aromatic heterocycles. The van der Waals surface area contributed by atoms with Crippen LogP contribution in [0.25, 0.3) is 0 Å². The minimum Gasteiger partial charge on any atom is -0.399 e. The van der Waals surface area contributed by atoms with Gasteiger partial charge in [0.25, 0.3) is 0 Å². The van der Waals surface area contributed by atoms with Gasteiger partial charge in [-0.1, -0.05) is 6.58 Å². The largest absolute Gasteiger partial charge is 0.399 e. The van der Waals surface area contributed by atoms with Crippen molar-refractivity contribution < 1.29 is 0 Å². The van der Waals surface area contributed by atoms with Crippen LogP contribution in [0.3, 0.4) is 0 Å². The van der Waals surface area contributed by atoms with Crippen LogP contribution in [0, 0.1) is 0 Å². The lowest BCUT2D eigenvalue weighted by molar-refractivity contribution is 0.563. The van der Waals surface area contributed by atoms with Crippen LogP contribution in [0.15, 0.2) is 24.6 Å². The molecule has 0 aromatic carbocycles. The SMILES string of the molecule is C=C(N)/C=C\N(C)C. The van der Waals surface area contributed by atoms with Crippen LogP contribution < -0.4 is 5.73 Å². The number of hydrogen-bond donors (Lipinski definition) is 1. The van der Waals surface area contributed by atoms with E-state index in [1.54, 1.807) is 6.08 Å². The molecular weight excluding hydrogens is 100 g/mol. The number of hydrogen-bond acceptors (Lipinski definition) is 2. The fourth-order valence-electron chi connectivity index (χ4n) is 0.245. The molecule has 2 nitrogen and oxygen atoms in total. The molecule has 46 valence electrons. The van der Waals surface area contributed by atoms with Gasteiger partial charge in [0, 0.05) is 26.0 Å². The first-order valence-corrected chi connectivity index (χ1v) is 2.42. The highest BCUT2D eigenvalue weighted by Crippen LogP contribution is 1.81. The van der Waals surface area contributed by atoms with Gasteiger partial charge in [0.2, 0.25) is 0 Å². The lowest BCUT2D eigenvalue weighted by Crippen LogP contribution is -2.01. The van der Waals surface area contributed by atoms with E-state index in [4.69, 9.17) is 5.73 Å². The van der Waals surface area contributed by atoms with Gasteiger partial charge in [-0.2, -0.15) is 0 Å². The summed E-state index contributed by atoms with van der Waals surface area (Å²) in [6.07, 6.45) is 3.60. The summed E-state index contributed by atoms with van der Waals surface area (Å²) in [4.78, 5) is 1.90. The van der Waals surface area contributed by atoms with Crippen molar-refractivity contribution in [3.05, 3.63) is 24.6 Å². The van der Waals surface area contributed by atoms with Crippen molar-refractivity contribution in [2.75, 3.05) is 14.1 Å². The second-order valence-corrected chi connectivity index (χ2v) is 1.85. The molecule has 0 aliphatic carbocycles. The predicted molar refractivity (Wildman–Crippen MR) is 36.2 cm³/mol. The third kappa shape index (κ3) is 5.08. The average Bonchev–Trinajstić information content (AvgIpc) is 1.61. The molecule has 0 unspecified atom stereocenters. The van der Waals surface area contributed by atoms with Crippen molar-refractivity contribution in [3.8, 4) is 0 Å². The Bertz CT molecular complexity index is 103. The molecule has 0 spiro atoms. The Morgan fingerprint density at radius 1 is 1.62 bits per heavy atom. The highest BCUT2D eigenvalue weighted by Gasteiger charge is 1.74. The Labute approximate surface area is 50.3 Å². The number of allylic oxidation sites excluding steroid dienone is 1. The molecule has 0 aromatic rings. The maximum atomic E-state index is 5.23. The zero-order valence-electron chi connectivity index (χ0n) is 5.39. The molecule has 0 aliphatic heterocycles. The summed E-state index contributed by atoms with van der Waals surface area (Å²) in [6, 6.07) is 0. The van der Waals surface area contributed by atoms with E-state index in [1.807, 2.05) is 25.2 Å². The third-order valence-corrected chi connectivity index (χ3v) is 0.587. The molecule has 0 aliphatic rings. The van der Waals surface area contributed by atoms with Gasteiger partial charge >= 0.3 is 0 Å². The molecular formula is C6H12N2. The van der Waals surface area contributed by atoms with Gasteiger partial charge in [0.05, 0.1) is 0 Å². The summed E-state index contributed by atoms with van der Waals surface area (Å²) in [5, 5.41) is 0. The first-order chi connectivity index (χ1) is 3.63. The van der Waals surface area contributed by atoms with Gasteiger partial charge in [-0.05, 0) is 6.08 Å². The molecule has 0 saturated heterocycles. The van der Waals surface area contributed by atoms with Crippen LogP contribution in [-0.4, -0.2) is 19.0 Å². The molecule has 2 N–H and O–H groups in total. The van der Waals surface area contributed by atoms with E-state index in [9.17, 15) is 0 Å². The summed E-state index contributed by atoms with van der Waals surface area (Å²) in [7, 11) is 3.86. The third-order valence-electron chi connectivity index (χ3n) is 0.587. The number of rotatable bonds is 2. The van der Waals surface area contributed by atoms with E-state index in [-0.39, 0.29) is 0 Å². The zero-order chi connectivity index (χ0) is 6.57. The standard InChI is InChI=1S/C6H12N2/c1-6(7)4-5-8(2)3/h4-5H,1,7H2,2-3H3/b5-4-. The summed E-state index contributed by atoms with van der Waals surface area (Å²) >= 11 is 0. The Kier molecular flexibility index (Phi) is 2.77. The molecule has 0 fully saturated rings. The second-order valence-electron chi connectivity index (χ2n) is 1.85. The molecule has 0 bridgehead atoms. The van der Waals surface area contributed by atoms with Crippen molar-refractivity contribution in [1.29, 1.82) is 0 Å². The van der Waals surface area contributed by atoms with Crippen LogP contribution in [0.2, 0.25) is 0 Å². The van der Waals surface area contributed by atoms with Crippen LogP contribution >= 0.6 is 0 Å². The number of nitrogens with zero attached hydrogens (tertiary/aromatic N) is 1. The fourth-order valence-corrected chi connectivity index (χ4v) is 0.245. The molecule has 0 atom stereocenters. The van der Waals surface area contributed by atoms with Crippen molar-refractivity contribution in [3.63, 3.8) is 0 Å². The van der Waals surface area contributed by atoms with E-state index >= 15 is 0 Å². The van der Waals surface area contributed by atoms with Crippen LogP contribution in [0.1, 0.15) is 0 Å². The quantitative estimate of drug-likeness (QED) is 0.528. The Morgan fingerprint density at radius 3 is 2.25 bits per heavy atom. The Morgan fingerprint density at radius 2 is 2.12 bits per heavy atom. The summed E-state index contributed by atoms with van der Waals surface area (Å²) in [6.45, 7) is 3.49. The highest BCUT2D eigenvalue weighted by molar-refractivity contribution is 5.08. The normalized spacial score (nSPS) is 9.75. The monoisotopic (exact) mass is 112 g/mol. The summed E-state index contributed by atoms with van der Waals surface area (Å²) in [5.74, 6) is 0. The van der Waals surface area contributed by atoms with Crippen LogP contribution in [0.5, 0.6) is 0 Å². The van der Waals surface area contributed by atoms with Gasteiger partial charge in [-0.15, -0.1) is 0 Å². The molecule has 0 heterocycles. The summed E-state index contributed by atoms with van der Waals surface area (Å²) in [5.41, 5.74) is 5.81. The van der Waals surface area contributed by atoms with Crippen LogP contribution in [0.4, 0.5) is 0 Å². The molecule has 8 heavy (non-hydrogen) atoms. The smallest absolute Gasteiger partial charge is 0.0255 e. The van der Waals surface area contributed by atoms with Crippen molar-refractivity contribution in [1.82, 2.24) is 4.90 Å². The Balaban J connectivity index is 3.50. The van der Waals surface area contributed by atoms with Crippen LogP contribution in [-0.2, 0) is 0 Å². The van der Waals surface area contributed by atoms with E-state index in [1.165, 1.54) is 0 Å². The highest BCUT2D eigenvalue weighted by atomic mass is 15.0. The number of nitrogens with two attached hydrogens (primary N) is 1. The maximum absolute atomic E-state index is 5.23. The topological polar surface area (TPSA) is 29.3 Å². The van der Waals surface area contributed by atoms with Crippen molar-refractivity contribution >= 4 is 0 Å². The zero-order valence-corrected chi connectivity index (χ0v) is 5.39. The van der Waals surface area contributed by atoms with Gasteiger partial charge < -0.3 is 10.6 Å². The fraction of sp³-hybridized carbons (Fsp3) is 0.333. The van der Waals surface area contributed by atoms with Gasteiger partial charge in [-0.3, -0.25) is 0 Å². The van der Waals surface area contributed by atoms with Crippen molar-refractivity contribution in [2.45, 2.75) is 0 Å². The lowest BCUT2D eigenvalue weighted by atomic mass is 10.5. The Hall–Kier alpha value is -0.920. The van der Waals surface area contributed by atoms with E-state index in [2.05, 4.69) is 6.58 Å². The molecule has 0 saturated carbocycles. The first kappa shape index (κ1) is 7.08. The predicted octanol–water partition coefficient (Wildman–Crippen LogP) is 0.534. The van der Waals surface area contributed by atoms with E-state index < -0.39 is 0 Å². The molecule has 0 rings (SSSR count). The minimum absolute atomic E-state index is 0.582. The first-order valence-electron chi connectivity index (χ1n) is 2.42. The van der Waals surface area contributed by atoms with Crippen molar-refractivity contribution in [2.24, 2.45) is 5.73 Å². The molecule has 0 radical (unpaired) electrons. The van der Waals surface area contributed by atoms with E-state index in [0.717, 1.165) is 0 Å². The maximum Gasteiger partial charge on any atom is 0.0255 e. The molecule has 2 heteroatoms. The minimum atomic E-state index is 0.582. The lowest BCUT2D eigenvalue weighted by Gasteiger charge is -2.01. The molecule has 0 amide bonds. The summed E-state index contributed by atoms with van der Waals surface area (Å²) < 4.78 is 0. The van der Waals surface area contributed by atoms with Gasteiger partial charge in [0.15, 0.2) is 0 Å². The van der Waals surface area contributed by atoms with E-state index in [0.29, 0.717) is 5.70 Å². The second kappa shape index (κ2) is 3.13. The van der Waals surface area contributed by atoms with Gasteiger partial charge in [0.1, 0.15) is 0 Å². The average molecular weight is 112 g/mol. The van der Waals surface area contributed by atoms with Gasteiger partial charge in [-0.25, -0.2) is 0 Å².